The minimum Gasteiger partial charge on any atom is -0.258 e. The summed E-state index contributed by atoms with van der Waals surface area (Å²) in [5.74, 6) is -0.607. The molecule has 2 aromatic rings. The molecule has 1 radical (unpaired) electrons. The number of nitro groups is 1. The molecule has 0 aliphatic rings. The van der Waals surface area contributed by atoms with Gasteiger partial charge >= 0.3 is 5.97 Å². The van der Waals surface area contributed by atoms with Crippen LogP contribution in [0.4, 0.5) is 5.69 Å². The minimum atomic E-state index is -0.607. The fourth-order valence-electron chi connectivity index (χ4n) is 1.64. The van der Waals surface area contributed by atoms with Gasteiger partial charge in [-0.1, -0.05) is 46.7 Å². The van der Waals surface area contributed by atoms with Crippen molar-refractivity contribution >= 4 is 11.7 Å². The largest absolute Gasteiger partial charge is 0.670 e. The molecule has 2 aromatic carbocycles. The topological polar surface area (TPSA) is 88.9 Å². The van der Waals surface area contributed by atoms with Crippen molar-refractivity contribution in [3.05, 3.63) is 75.8 Å². The Kier molecular flexibility index (Phi) is 4.41. The monoisotopic (exact) mass is 273 g/mol. The van der Waals surface area contributed by atoms with E-state index in [4.69, 9.17) is 4.84 Å². The van der Waals surface area contributed by atoms with Gasteiger partial charge in [-0.15, -0.1) is 0 Å². The average Bonchev–Trinajstić information content (AvgIpc) is 2.48. The number of carbonyl (C=O) groups excluding carboxylic acids is 1. The highest BCUT2D eigenvalue weighted by Gasteiger charge is 2.26. The number of hydrogen-bond donors (Lipinski definition) is 1. The summed E-state index contributed by atoms with van der Waals surface area (Å²) in [5, 5.41) is 10.6. The standard InChI is InChI=1S/C14H12N2O4/c17-14(12-7-4-8-13(9-12)16(18)19)20-15-10-11-5-2-1-3-6-11/h1-9,15H,10H2/q+1/p+1. The molecule has 20 heavy (non-hydrogen) atoms. The maximum absolute atomic E-state index is 11.7. The van der Waals surface area contributed by atoms with Crippen LogP contribution in [0.1, 0.15) is 15.9 Å². The maximum Gasteiger partial charge on any atom is 0.670 e. The van der Waals surface area contributed by atoms with Gasteiger partial charge in [0, 0.05) is 17.7 Å². The van der Waals surface area contributed by atoms with Crippen LogP contribution in [-0.2, 0) is 11.4 Å². The summed E-state index contributed by atoms with van der Waals surface area (Å²) >= 11 is 0. The normalized spacial score (nSPS) is 10.0. The molecule has 101 valence electrons. The lowest BCUT2D eigenvalue weighted by Gasteiger charge is -1.94. The number of non-ortho nitro benzene ring substituents is 1. The molecular formula is C14H13N2O4+2. The molecule has 0 unspecified atom stereocenters. The summed E-state index contributed by atoms with van der Waals surface area (Å²) in [6.07, 6.45) is 0. The number of quaternary nitrogens is 1. The number of nitrogens with zero attached hydrogens (tertiary/aromatic N) is 1. The van der Waals surface area contributed by atoms with E-state index < -0.39 is 10.9 Å². The molecule has 0 spiro atoms. The zero-order valence-electron chi connectivity index (χ0n) is 10.6. The summed E-state index contributed by atoms with van der Waals surface area (Å²) in [6.45, 7) is 0.488. The Balaban J connectivity index is 1.92. The number of nitro benzene ring substituents is 1. The first-order valence-electron chi connectivity index (χ1n) is 5.98. The van der Waals surface area contributed by atoms with Gasteiger partial charge in [-0.05, 0) is 6.07 Å². The number of carbonyl (C=O) groups is 1. The molecule has 0 atom stereocenters. The molecule has 0 amide bonds. The number of benzene rings is 2. The molecule has 0 saturated carbocycles. The fraction of sp³-hybridized carbons (Fsp3) is 0.0714. The van der Waals surface area contributed by atoms with Crippen LogP contribution in [0.25, 0.3) is 0 Å². The molecule has 0 saturated heterocycles. The first kappa shape index (κ1) is 13.7. The number of rotatable bonds is 5. The van der Waals surface area contributed by atoms with E-state index in [0.29, 0.717) is 6.54 Å². The Morgan fingerprint density at radius 1 is 1.20 bits per heavy atom. The summed E-state index contributed by atoms with van der Waals surface area (Å²) in [7, 11) is 0. The Morgan fingerprint density at radius 3 is 2.65 bits per heavy atom. The van der Waals surface area contributed by atoms with Gasteiger partial charge < -0.3 is 0 Å². The van der Waals surface area contributed by atoms with E-state index in [0.717, 1.165) is 5.56 Å². The van der Waals surface area contributed by atoms with Crippen molar-refractivity contribution in [3.63, 3.8) is 0 Å². The van der Waals surface area contributed by atoms with E-state index in [9.17, 15) is 14.9 Å². The summed E-state index contributed by atoms with van der Waals surface area (Å²) in [4.78, 5) is 26.8. The van der Waals surface area contributed by atoms with E-state index in [1.807, 2.05) is 30.3 Å². The van der Waals surface area contributed by atoms with Gasteiger partial charge in [-0.25, -0.2) is 0 Å². The first-order valence-corrected chi connectivity index (χ1v) is 5.98. The summed E-state index contributed by atoms with van der Waals surface area (Å²) < 4.78 is 0. The Bertz CT molecular complexity index is 614. The average molecular weight is 273 g/mol. The van der Waals surface area contributed by atoms with Crippen LogP contribution in [0.3, 0.4) is 0 Å². The minimum absolute atomic E-state index is 0.137. The highest BCUT2D eigenvalue weighted by molar-refractivity contribution is 5.89. The Morgan fingerprint density at radius 2 is 1.95 bits per heavy atom. The van der Waals surface area contributed by atoms with Crippen LogP contribution in [0.2, 0.25) is 0 Å². The predicted octanol–water partition coefficient (Wildman–Crippen LogP) is 1.43. The highest BCUT2D eigenvalue weighted by Crippen LogP contribution is 2.13. The van der Waals surface area contributed by atoms with Crippen molar-refractivity contribution in [2.45, 2.75) is 6.54 Å². The molecule has 2 N–H and O–H groups in total. The zero-order chi connectivity index (χ0) is 14.4. The van der Waals surface area contributed by atoms with Gasteiger partial charge in [0.2, 0.25) is 0 Å². The second kappa shape index (κ2) is 6.44. The lowest BCUT2D eigenvalue weighted by atomic mass is 10.2. The quantitative estimate of drug-likeness (QED) is 0.507. The molecule has 6 nitrogen and oxygen atoms in total. The number of hydrogen-bond acceptors (Lipinski definition) is 4. The Labute approximate surface area is 115 Å². The lowest BCUT2D eigenvalue weighted by Crippen LogP contribution is -2.82. The molecule has 0 fully saturated rings. The smallest absolute Gasteiger partial charge is 0.258 e. The molecule has 0 bridgehead atoms. The third kappa shape index (κ3) is 3.63. The molecular weight excluding hydrogens is 260 g/mol. The van der Waals surface area contributed by atoms with Crippen LogP contribution in [0.15, 0.2) is 54.6 Å². The molecule has 0 aliphatic carbocycles. The second-order valence-corrected chi connectivity index (χ2v) is 4.07. The predicted molar refractivity (Wildman–Crippen MR) is 70.6 cm³/mol. The van der Waals surface area contributed by atoms with Crippen molar-refractivity contribution < 1.29 is 20.0 Å². The van der Waals surface area contributed by atoms with Crippen molar-refractivity contribution in [1.29, 1.82) is 0 Å². The van der Waals surface area contributed by atoms with Crippen molar-refractivity contribution in [3.8, 4) is 0 Å². The van der Waals surface area contributed by atoms with E-state index in [1.54, 1.807) is 0 Å². The van der Waals surface area contributed by atoms with Gasteiger partial charge in [0.25, 0.3) is 5.69 Å². The highest BCUT2D eigenvalue weighted by atomic mass is 16.7. The lowest BCUT2D eigenvalue weighted by molar-refractivity contribution is -0.883. The van der Waals surface area contributed by atoms with Gasteiger partial charge in [-0.2, -0.15) is 0 Å². The fourth-order valence-corrected chi connectivity index (χ4v) is 1.64. The van der Waals surface area contributed by atoms with Crippen LogP contribution in [0.5, 0.6) is 0 Å². The Hall–Kier alpha value is -2.73. The van der Waals surface area contributed by atoms with Crippen molar-refractivity contribution in [1.82, 2.24) is 0 Å². The molecule has 2 rings (SSSR count). The van der Waals surface area contributed by atoms with E-state index >= 15 is 0 Å². The molecule has 0 aliphatic heterocycles. The third-order valence-electron chi connectivity index (χ3n) is 2.64. The van der Waals surface area contributed by atoms with Gasteiger partial charge in [-0.3, -0.25) is 10.1 Å². The number of hydroxylamine groups is 1. The third-order valence-corrected chi connectivity index (χ3v) is 2.64. The summed E-state index contributed by atoms with van der Waals surface area (Å²) in [6, 6.07) is 15.0. The van der Waals surface area contributed by atoms with E-state index in [1.165, 1.54) is 29.7 Å². The van der Waals surface area contributed by atoms with Crippen LogP contribution in [0, 0.1) is 10.1 Å². The van der Waals surface area contributed by atoms with Crippen molar-refractivity contribution in [2.24, 2.45) is 0 Å². The zero-order valence-corrected chi connectivity index (χ0v) is 10.6. The van der Waals surface area contributed by atoms with Gasteiger partial charge in [0.1, 0.15) is 5.56 Å². The van der Waals surface area contributed by atoms with E-state index in [-0.39, 0.29) is 11.3 Å². The van der Waals surface area contributed by atoms with Gasteiger partial charge in [0.05, 0.1) is 9.72 Å². The molecule has 0 aromatic heterocycles. The van der Waals surface area contributed by atoms with Crippen LogP contribution >= 0.6 is 0 Å². The maximum atomic E-state index is 11.7. The van der Waals surface area contributed by atoms with Gasteiger partial charge in [0.15, 0.2) is 6.54 Å². The van der Waals surface area contributed by atoms with E-state index in [2.05, 4.69) is 0 Å². The SMILES string of the molecule is O=[N+]([O-])c1cccc(C(=[O+])O[NH2+]Cc2ccccc2)c1. The summed E-state index contributed by atoms with van der Waals surface area (Å²) in [5.41, 5.74) is 2.42. The molecule has 0 heterocycles. The first-order chi connectivity index (χ1) is 9.66. The van der Waals surface area contributed by atoms with Crippen molar-refractivity contribution in [2.75, 3.05) is 0 Å². The van der Waals surface area contributed by atoms with Crippen LogP contribution < -0.4 is 5.48 Å². The second-order valence-electron chi connectivity index (χ2n) is 4.07. The van der Waals surface area contributed by atoms with Crippen LogP contribution in [-0.4, -0.2) is 10.9 Å². The molecule has 6 heteroatoms. The number of nitrogens with two attached hydrogens (primary N) is 1.